The van der Waals surface area contributed by atoms with Crippen molar-refractivity contribution in [2.75, 3.05) is 18.9 Å². The minimum Gasteiger partial charge on any atom is -0.492 e. The van der Waals surface area contributed by atoms with Gasteiger partial charge < -0.3 is 10.1 Å². The molecule has 3 heteroatoms. The maximum Gasteiger partial charge on any atom is 0.126 e. The number of hydrogen-bond donors (Lipinski definition) is 1. The average Bonchev–Trinajstić information content (AvgIpc) is 2.52. The predicted molar refractivity (Wildman–Crippen MR) is 91.2 cm³/mol. The van der Waals surface area contributed by atoms with Crippen LogP contribution >= 0.6 is 11.8 Å². The summed E-state index contributed by atoms with van der Waals surface area (Å²) >= 11 is 1.83. The summed E-state index contributed by atoms with van der Waals surface area (Å²) < 4.78 is 6.03. The summed E-state index contributed by atoms with van der Waals surface area (Å²) in [5.41, 5.74) is 2.44. The van der Waals surface area contributed by atoms with E-state index in [4.69, 9.17) is 4.74 Å². The minimum atomic E-state index is 0.726. The fraction of sp³-hybridized carbons (Fsp3) is 0.333. The zero-order chi connectivity index (χ0) is 14.9. The van der Waals surface area contributed by atoms with Crippen molar-refractivity contribution >= 4 is 11.8 Å². The monoisotopic (exact) mass is 301 g/mol. The van der Waals surface area contributed by atoms with Gasteiger partial charge in [0.1, 0.15) is 5.75 Å². The van der Waals surface area contributed by atoms with E-state index < -0.39 is 0 Å². The highest BCUT2D eigenvalue weighted by Crippen LogP contribution is 2.24. The molecule has 0 spiro atoms. The van der Waals surface area contributed by atoms with Gasteiger partial charge in [-0.25, -0.2) is 0 Å². The van der Waals surface area contributed by atoms with Gasteiger partial charge in [0, 0.05) is 22.8 Å². The number of rotatable bonds is 8. The highest BCUT2D eigenvalue weighted by molar-refractivity contribution is 7.99. The van der Waals surface area contributed by atoms with Crippen LogP contribution in [-0.4, -0.2) is 18.9 Å². The first-order valence-electron chi connectivity index (χ1n) is 7.41. The Balaban J connectivity index is 1.87. The number of benzene rings is 2. The standard InChI is InChI=1S/C18H23NOS/c1-3-19-14-16-9-7-8-15(2)18(16)20-12-13-21-17-10-5-4-6-11-17/h4-11,19H,3,12-14H2,1-2H3. The lowest BCUT2D eigenvalue weighted by Crippen LogP contribution is -2.14. The van der Waals surface area contributed by atoms with Crippen LogP contribution in [0.5, 0.6) is 5.75 Å². The molecule has 0 atom stereocenters. The van der Waals surface area contributed by atoms with E-state index in [-0.39, 0.29) is 0 Å². The molecule has 1 N–H and O–H groups in total. The van der Waals surface area contributed by atoms with Gasteiger partial charge >= 0.3 is 0 Å². The van der Waals surface area contributed by atoms with Crippen molar-refractivity contribution in [3.8, 4) is 5.75 Å². The molecule has 0 bridgehead atoms. The van der Waals surface area contributed by atoms with Gasteiger partial charge in [-0.3, -0.25) is 0 Å². The molecule has 0 aliphatic heterocycles. The normalized spacial score (nSPS) is 10.6. The molecule has 0 aromatic heterocycles. The fourth-order valence-electron chi connectivity index (χ4n) is 2.14. The van der Waals surface area contributed by atoms with E-state index in [0.29, 0.717) is 0 Å². The molecule has 0 unspecified atom stereocenters. The first-order chi connectivity index (χ1) is 10.3. The van der Waals surface area contributed by atoms with Crippen LogP contribution < -0.4 is 10.1 Å². The highest BCUT2D eigenvalue weighted by atomic mass is 32.2. The lowest BCUT2D eigenvalue weighted by atomic mass is 10.1. The first-order valence-corrected chi connectivity index (χ1v) is 8.39. The van der Waals surface area contributed by atoms with Gasteiger partial charge in [-0.1, -0.05) is 43.3 Å². The fourth-order valence-corrected chi connectivity index (χ4v) is 2.89. The molecule has 0 saturated heterocycles. The van der Waals surface area contributed by atoms with Crippen molar-refractivity contribution in [1.29, 1.82) is 0 Å². The van der Waals surface area contributed by atoms with Crippen LogP contribution in [0.15, 0.2) is 53.4 Å². The molecule has 21 heavy (non-hydrogen) atoms. The van der Waals surface area contributed by atoms with E-state index in [1.54, 1.807) is 0 Å². The quantitative estimate of drug-likeness (QED) is 0.581. The lowest BCUT2D eigenvalue weighted by molar-refractivity contribution is 0.337. The number of aryl methyl sites for hydroxylation is 1. The molecular weight excluding hydrogens is 278 g/mol. The summed E-state index contributed by atoms with van der Waals surface area (Å²) in [6.45, 7) is 6.78. The SMILES string of the molecule is CCNCc1cccc(C)c1OCCSc1ccccc1. The smallest absolute Gasteiger partial charge is 0.126 e. The van der Waals surface area contributed by atoms with E-state index >= 15 is 0 Å². The third-order valence-corrected chi connectivity index (χ3v) is 4.18. The van der Waals surface area contributed by atoms with Crippen LogP contribution in [-0.2, 0) is 6.54 Å². The molecule has 0 aliphatic carbocycles. The summed E-state index contributed by atoms with van der Waals surface area (Å²) in [5.74, 6) is 1.99. The maximum atomic E-state index is 6.03. The largest absolute Gasteiger partial charge is 0.492 e. The Bertz CT molecular complexity index is 542. The Morgan fingerprint density at radius 2 is 1.86 bits per heavy atom. The maximum absolute atomic E-state index is 6.03. The second kappa shape index (κ2) is 8.75. The van der Waals surface area contributed by atoms with Crippen LogP contribution in [0.3, 0.4) is 0 Å². The van der Waals surface area contributed by atoms with Crippen molar-refractivity contribution in [1.82, 2.24) is 5.32 Å². The molecule has 2 nitrogen and oxygen atoms in total. The van der Waals surface area contributed by atoms with E-state index in [1.165, 1.54) is 16.0 Å². The van der Waals surface area contributed by atoms with Gasteiger partial charge in [0.15, 0.2) is 0 Å². The van der Waals surface area contributed by atoms with Crippen molar-refractivity contribution in [2.24, 2.45) is 0 Å². The second-order valence-electron chi connectivity index (χ2n) is 4.85. The Kier molecular flexibility index (Phi) is 6.64. The number of ether oxygens (including phenoxy) is 1. The van der Waals surface area contributed by atoms with Gasteiger partial charge in [0.25, 0.3) is 0 Å². The third-order valence-electron chi connectivity index (χ3n) is 3.20. The zero-order valence-electron chi connectivity index (χ0n) is 12.8. The minimum absolute atomic E-state index is 0.726. The highest BCUT2D eigenvalue weighted by Gasteiger charge is 2.06. The molecular formula is C18H23NOS. The topological polar surface area (TPSA) is 21.3 Å². The zero-order valence-corrected chi connectivity index (χ0v) is 13.6. The average molecular weight is 301 g/mol. The number of para-hydroxylation sites is 1. The summed E-state index contributed by atoms with van der Waals surface area (Å²) in [7, 11) is 0. The number of hydrogen-bond acceptors (Lipinski definition) is 3. The van der Waals surface area contributed by atoms with E-state index in [2.05, 4.69) is 61.6 Å². The molecule has 0 amide bonds. The lowest BCUT2D eigenvalue weighted by Gasteiger charge is -2.14. The van der Waals surface area contributed by atoms with Gasteiger partial charge in [0.2, 0.25) is 0 Å². The van der Waals surface area contributed by atoms with Crippen LogP contribution in [0.2, 0.25) is 0 Å². The van der Waals surface area contributed by atoms with Crippen molar-refractivity contribution < 1.29 is 4.74 Å². The van der Waals surface area contributed by atoms with Crippen molar-refractivity contribution in [3.63, 3.8) is 0 Å². The second-order valence-corrected chi connectivity index (χ2v) is 6.02. The van der Waals surface area contributed by atoms with Crippen molar-refractivity contribution in [3.05, 3.63) is 59.7 Å². The molecule has 0 heterocycles. The summed E-state index contributed by atoms with van der Waals surface area (Å²) in [5, 5.41) is 3.36. The number of thioether (sulfide) groups is 1. The summed E-state index contributed by atoms with van der Waals surface area (Å²) in [4.78, 5) is 1.29. The third kappa shape index (κ3) is 5.10. The van der Waals surface area contributed by atoms with E-state index in [0.717, 1.165) is 31.2 Å². The van der Waals surface area contributed by atoms with Gasteiger partial charge in [-0.15, -0.1) is 11.8 Å². The number of nitrogens with one attached hydrogen (secondary N) is 1. The predicted octanol–water partition coefficient (Wildman–Crippen LogP) is 4.28. The summed E-state index contributed by atoms with van der Waals surface area (Å²) in [6, 6.07) is 16.8. The Morgan fingerprint density at radius 3 is 2.62 bits per heavy atom. The molecule has 0 radical (unpaired) electrons. The van der Waals surface area contributed by atoms with Crippen molar-refractivity contribution in [2.45, 2.75) is 25.3 Å². The van der Waals surface area contributed by atoms with E-state index in [1.807, 2.05) is 17.8 Å². The Labute approximate surface area is 131 Å². The Morgan fingerprint density at radius 1 is 1.05 bits per heavy atom. The molecule has 0 saturated carbocycles. The molecule has 2 aromatic rings. The molecule has 2 aromatic carbocycles. The van der Waals surface area contributed by atoms with Gasteiger partial charge in [-0.2, -0.15) is 0 Å². The van der Waals surface area contributed by atoms with E-state index in [9.17, 15) is 0 Å². The van der Waals surface area contributed by atoms with Crippen LogP contribution in [0, 0.1) is 6.92 Å². The molecule has 0 aliphatic rings. The van der Waals surface area contributed by atoms with Gasteiger partial charge in [0.05, 0.1) is 6.61 Å². The van der Waals surface area contributed by atoms with Crippen LogP contribution in [0.25, 0.3) is 0 Å². The van der Waals surface area contributed by atoms with Gasteiger partial charge in [-0.05, 0) is 31.2 Å². The van der Waals surface area contributed by atoms with Crippen LogP contribution in [0.1, 0.15) is 18.1 Å². The molecule has 112 valence electrons. The molecule has 2 rings (SSSR count). The van der Waals surface area contributed by atoms with Crippen LogP contribution in [0.4, 0.5) is 0 Å². The summed E-state index contributed by atoms with van der Waals surface area (Å²) in [6.07, 6.45) is 0. The Hall–Kier alpha value is -1.45. The molecule has 0 fully saturated rings. The first kappa shape index (κ1) is 15.9.